The summed E-state index contributed by atoms with van der Waals surface area (Å²) < 4.78 is 9.17. The fourth-order valence-corrected chi connectivity index (χ4v) is 4.95. The summed E-state index contributed by atoms with van der Waals surface area (Å²) in [6.45, 7) is 4.52. The molecule has 192 valence electrons. The number of hydrogen-bond donors (Lipinski definition) is 1. The quantitative estimate of drug-likeness (QED) is 0.255. The van der Waals surface area contributed by atoms with Crippen molar-refractivity contribution in [3.05, 3.63) is 102 Å². The summed E-state index contributed by atoms with van der Waals surface area (Å²) in [5, 5.41) is 17.2. The molecule has 38 heavy (non-hydrogen) atoms. The standard InChI is InChI=1S/C29H28N6O2S/c1-20-27(21(2)34(33-20)18-22-10-6-4-7-11-22)30-26(36)19-38-29-32-31-28(23-14-16-25(37-3)17-15-23)35(29)24-12-8-5-9-13-24/h4-17H,18-19H2,1-3H3,(H,30,36). The minimum absolute atomic E-state index is 0.130. The molecule has 5 rings (SSSR count). The Kier molecular flexibility index (Phi) is 7.55. The van der Waals surface area contributed by atoms with Crippen molar-refractivity contribution >= 4 is 23.4 Å². The average Bonchev–Trinajstić information content (AvgIpc) is 3.49. The van der Waals surface area contributed by atoms with Gasteiger partial charge in [0.05, 0.1) is 36.5 Å². The molecule has 0 saturated heterocycles. The minimum Gasteiger partial charge on any atom is -0.497 e. The molecular formula is C29H28N6O2S. The van der Waals surface area contributed by atoms with Crippen LogP contribution >= 0.6 is 11.8 Å². The van der Waals surface area contributed by atoms with Crippen molar-refractivity contribution in [1.82, 2.24) is 24.5 Å². The number of aromatic nitrogens is 5. The summed E-state index contributed by atoms with van der Waals surface area (Å²) in [5.41, 5.74) is 5.41. The van der Waals surface area contributed by atoms with Gasteiger partial charge in [-0.05, 0) is 55.8 Å². The molecule has 2 aromatic heterocycles. The van der Waals surface area contributed by atoms with E-state index in [0.29, 0.717) is 17.5 Å². The maximum absolute atomic E-state index is 13.0. The number of carbonyl (C=O) groups excluding carboxylic acids is 1. The Morgan fingerprint density at radius 3 is 2.29 bits per heavy atom. The fourth-order valence-electron chi connectivity index (χ4n) is 4.19. The third-order valence-electron chi connectivity index (χ3n) is 6.15. The monoisotopic (exact) mass is 524 g/mol. The Balaban J connectivity index is 1.34. The molecular weight excluding hydrogens is 496 g/mol. The lowest BCUT2D eigenvalue weighted by Crippen LogP contribution is -2.16. The second-order valence-corrected chi connectivity index (χ2v) is 9.67. The summed E-state index contributed by atoms with van der Waals surface area (Å²) in [6, 6.07) is 27.7. The number of nitrogens with zero attached hydrogens (tertiary/aromatic N) is 5. The van der Waals surface area contributed by atoms with Crippen LogP contribution in [0, 0.1) is 13.8 Å². The molecule has 0 bridgehead atoms. The summed E-state index contributed by atoms with van der Waals surface area (Å²) in [7, 11) is 1.64. The average molecular weight is 525 g/mol. The summed E-state index contributed by atoms with van der Waals surface area (Å²) in [4.78, 5) is 13.0. The number of nitrogens with one attached hydrogen (secondary N) is 1. The highest BCUT2D eigenvalue weighted by atomic mass is 32.2. The number of methoxy groups -OCH3 is 1. The Morgan fingerprint density at radius 1 is 0.921 bits per heavy atom. The van der Waals surface area contributed by atoms with E-state index in [-0.39, 0.29) is 11.7 Å². The van der Waals surface area contributed by atoms with E-state index in [9.17, 15) is 4.79 Å². The number of benzene rings is 3. The number of hydrogen-bond acceptors (Lipinski definition) is 6. The van der Waals surface area contributed by atoms with E-state index >= 15 is 0 Å². The first-order valence-electron chi connectivity index (χ1n) is 12.2. The van der Waals surface area contributed by atoms with Crippen LogP contribution in [-0.4, -0.2) is 43.3 Å². The van der Waals surface area contributed by atoms with Gasteiger partial charge in [-0.15, -0.1) is 10.2 Å². The van der Waals surface area contributed by atoms with Gasteiger partial charge in [0.15, 0.2) is 11.0 Å². The highest BCUT2D eigenvalue weighted by molar-refractivity contribution is 7.99. The van der Waals surface area contributed by atoms with Crippen LogP contribution in [0.3, 0.4) is 0 Å². The second-order valence-electron chi connectivity index (χ2n) is 8.73. The van der Waals surface area contributed by atoms with Crippen LogP contribution in [0.15, 0.2) is 90.1 Å². The minimum atomic E-state index is -0.130. The van der Waals surface area contributed by atoms with Crippen molar-refractivity contribution < 1.29 is 9.53 Å². The molecule has 2 heterocycles. The lowest BCUT2D eigenvalue weighted by Gasteiger charge is -2.11. The van der Waals surface area contributed by atoms with E-state index in [1.54, 1.807) is 7.11 Å². The fraction of sp³-hybridized carbons (Fsp3) is 0.172. The van der Waals surface area contributed by atoms with E-state index in [0.717, 1.165) is 39.6 Å². The van der Waals surface area contributed by atoms with Gasteiger partial charge < -0.3 is 10.1 Å². The van der Waals surface area contributed by atoms with Crippen molar-refractivity contribution in [2.75, 3.05) is 18.2 Å². The molecule has 0 aliphatic rings. The Labute approximate surface area is 225 Å². The lowest BCUT2D eigenvalue weighted by atomic mass is 10.2. The molecule has 0 atom stereocenters. The molecule has 9 heteroatoms. The van der Waals surface area contributed by atoms with Crippen LogP contribution in [0.4, 0.5) is 5.69 Å². The molecule has 0 saturated carbocycles. The van der Waals surface area contributed by atoms with Gasteiger partial charge in [0, 0.05) is 11.3 Å². The number of anilines is 1. The maximum Gasteiger partial charge on any atom is 0.234 e. The van der Waals surface area contributed by atoms with Gasteiger partial charge in [-0.1, -0.05) is 60.3 Å². The van der Waals surface area contributed by atoms with E-state index in [4.69, 9.17) is 4.74 Å². The second kappa shape index (κ2) is 11.4. The number of rotatable bonds is 9. The van der Waals surface area contributed by atoms with E-state index in [1.165, 1.54) is 11.8 Å². The van der Waals surface area contributed by atoms with Crippen molar-refractivity contribution in [1.29, 1.82) is 0 Å². The highest BCUT2D eigenvalue weighted by Gasteiger charge is 2.19. The van der Waals surface area contributed by atoms with E-state index in [1.807, 2.05) is 95.9 Å². The molecule has 0 aliphatic carbocycles. The van der Waals surface area contributed by atoms with Crippen molar-refractivity contribution in [2.24, 2.45) is 0 Å². The topological polar surface area (TPSA) is 86.9 Å². The van der Waals surface area contributed by atoms with Gasteiger partial charge in [-0.25, -0.2) is 0 Å². The first kappa shape index (κ1) is 25.3. The van der Waals surface area contributed by atoms with Crippen molar-refractivity contribution in [3.63, 3.8) is 0 Å². The van der Waals surface area contributed by atoms with Gasteiger partial charge in [-0.3, -0.25) is 14.0 Å². The number of amides is 1. The SMILES string of the molecule is COc1ccc(-c2nnc(SCC(=O)Nc3c(C)nn(Cc4ccccc4)c3C)n2-c2ccccc2)cc1. The first-order chi connectivity index (χ1) is 18.5. The van der Waals surface area contributed by atoms with Gasteiger partial charge in [0.1, 0.15) is 5.75 Å². The third-order valence-corrected chi connectivity index (χ3v) is 7.08. The molecule has 8 nitrogen and oxygen atoms in total. The Hall–Kier alpha value is -4.37. The van der Waals surface area contributed by atoms with Gasteiger partial charge >= 0.3 is 0 Å². The van der Waals surface area contributed by atoms with Crippen LogP contribution in [-0.2, 0) is 11.3 Å². The number of aryl methyl sites for hydroxylation is 1. The van der Waals surface area contributed by atoms with Crippen molar-refractivity contribution in [3.8, 4) is 22.8 Å². The van der Waals surface area contributed by atoms with E-state index in [2.05, 4.69) is 32.7 Å². The summed E-state index contributed by atoms with van der Waals surface area (Å²) in [6.07, 6.45) is 0. The zero-order valence-corrected chi connectivity index (χ0v) is 22.3. The summed E-state index contributed by atoms with van der Waals surface area (Å²) in [5.74, 6) is 1.50. The number of ether oxygens (including phenoxy) is 1. The number of para-hydroxylation sites is 1. The molecule has 0 fully saturated rings. The van der Waals surface area contributed by atoms with Crippen LogP contribution in [0.1, 0.15) is 17.0 Å². The Bertz CT molecular complexity index is 1530. The molecule has 0 aliphatic heterocycles. The summed E-state index contributed by atoms with van der Waals surface area (Å²) >= 11 is 1.34. The Morgan fingerprint density at radius 2 is 1.61 bits per heavy atom. The molecule has 0 radical (unpaired) electrons. The van der Waals surface area contributed by atoms with Crippen molar-refractivity contribution in [2.45, 2.75) is 25.5 Å². The molecule has 0 unspecified atom stereocenters. The number of carbonyl (C=O) groups is 1. The smallest absolute Gasteiger partial charge is 0.234 e. The molecule has 0 spiro atoms. The highest BCUT2D eigenvalue weighted by Crippen LogP contribution is 2.29. The molecule has 5 aromatic rings. The maximum atomic E-state index is 13.0. The van der Waals surface area contributed by atoms with Gasteiger partial charge in [0.2, 0.25) is 5.91 Å². The zero-order chi connectivity index (χ0) is 26.5. The largest absolute Gasteiger partial charge is 0.497 e. The van der Waals surface area contributed by atoms with E-state index < -0.39 is 0 Å². The van der Waals surface area contributed by atoms with Crippen LogP contribution < -0.4 is 10.1 Å². The van der Waals surface area contributed by atoms with Crippen LogP contribution in [0.2, 0.25) is 0 Å². The molecule has 1 N–H and O–H groups in total. The number of thioether (sulfide) groups is 1. The first-order valence-corrected chi connectivity index (χ1v) is 13.2. The third kappa shape index (κ3) is 5.47. The normalized spacial score (nSPS) is 10.9. The predicted molar refractivity (Wildman–Crippen MR) is 150 cm³/mol. The zero-order valence-electron chi connectivity index (χ0n) is 21.5. The van der Waals surface area contributed by atoms with Gasteiger partial charge in [-0.2, -0.15) is 5.10 Å². The predicted octanol–water partition coefficient (Wildman–Crippen LogP) is 5.54. The van der Waals surface area contributed by atoms with Crippen LogP contribution in [0.25, 0.3) is 17.1 Å². The van der Waals surface area contributed by atoms with Crippen LogP contribution in [0.5, 0.6) is 5.75 Å². The lowest BCUT2D eigenvalue weighted by molar-refractivity contribution is -0.113. The van der Waals surface area contributed by atoms with Gasteiger partial charge in [0.25, 0.3) is 0 Å². The molecule has 3 aromatic carbocycles. The molecule has 1 amide bonds.